The number of fused-ring (bicyclic) bond motifs is 2. The number of aromatic nitrogens is 5. The van der Waals surface area contributed by atoms with Crippen molar-refractivity contribution in [1.29, 1.82) is 0 Å². The number of piperidine rings is 1. The van der Waals surface area contributed by atoms with Crippen molar-refractivity contribution in [2.75, 3.05) is 29.0 Å². The number of anilines is 2. The molecule has 4 aromatic rings. The summed E-state index contributed by atoms with van der Waals surface area (Å²) < 4.78 is 30.5. The zero-order valence-corrected chi connectivity index (χ0v) is 23.9. The summed E-state index contributed by atoms with van der Waals surface area (Å²) in [4.78, 5) is 38.9. The van der Waals surface area contributed by atoms with Gasteiger partial charge in [0.2, 0.25) is 16.0 Å². The average Bonchev–Trinajstić information content (AvgIpc) is 3.28. The van der Waals surface area contributed by atoms with Crippen molar-refractivity contribution >= 4 is 43.6 Å². The first-order valence-electron chi connectivity index (χ1n) is 13.1. The molecule has 1 fully saturated rings. The van der Waals surface area contributed by atoms with E-state index in [9.17, 15) is 18.0 Å². The molecule has 3 aromatic heterocycles. The van der Waals surface area contributed by atoms with E-state index in [0.717, 1.165) is 41.2 Å². The first-order chi connectivity index (χ1) is 18.9. The third-order valence-corrected chi connectivity index (χ3v) is 7.70. The zero-order chi connectivity index (χ0) is 28.8. The fraction of sp³-hybridized carbons (Fsp3) is 0.407. The molecule has 0 bridgehead atoms. The molecule has 40 heavy (non-hydrogen) atoms. The Morgan fingerprint density at radius 3 is 2.67 bits per heavy atom. The van der Waals surface area contributed by atoms with Gasteiger partial charge in [-0.2, -0.15) is 4.98 Å². The molecule has 1 aliphatic heterocycles. The summed E-state index contributed by atoms with van der Waals surface area (Å²) >= 11 is 0. The van der Waals surface area contributed by atoms with E-state index in [1.54, 1.807) is 37.5 Å². The van der Waals surface area contributed by atoms with Gasteiger partial charge in [-0.1, -0.05) is 17.7 Å². The summed E-state index contributed by atoms with van der Waals surface area (Å²) in [5, 5.41) is 1.43. The maximum Gasteiger partial charge on any atom is 0.332 e. The van der Waals surface area contributed by atoms with Gasteiger partial charge >= 0.3 is 5.69 Å². The molecule has 1 unspecified atom stereocenters. The van der Waals surface area contributed by atoms with Crippen LogP contribution >= 0.6 is 0 Å². The van der Waals surface area contributed by atoms with Gasteiger partial charge < -0.3 is 15.2 Å². The average molecular weight is 567 g/mol. The Morgan fingerprint density at radius 1 is 1.20 bits per heavy atom. The van der Waals surface area contributed by atoms with E-state index in [4.69, 9.17) is 10.7 Å². The van der Waals surface area contributed by atoms with Gasteiger partial charge in [-0.05, 0) is 50.3 Å². The Bertz CT molecular complexity index is 1870. The molecule has 0 radical (unpaired) electrons. The smallest absolute Gasteiger partial charge is 0.332 e. The largest absolute Gasteiger partial charge is 0.341 e. The van der Waals surface area contributed by atoms with E-state index in [1.165, 1.54) is 4.57 Å². The van der Waals surface area contributed by atoms with E-state index in [0.29, 0.717) is 47.0 Å². The first kappa shape index (κ1) is 27.6. The van der Waals surface area contributed by atoms with Crippen LogP contribution in [-0.4, -0.2) is 57.5 Å². The predicted molar refractivity (Wildman–Crippen MR) is 157 cm³/mol. The molecular formula is C27H34N8O4S. The lowest BCUT2D eigenvalue weighted by Crippen LogP contribution is -2.44. The van der Waals surface area contributed by atoms with E-state index in [1.807, 2.05) is 24.5 Å². The minimum absolute atomic E-state index is 0.00505. The lowest BCUT2D eigenvalue weighted by atomic mass is 10.1. The van der Waals surface area contributed by atoms with Crippen LogP contribution in [-0.2, 0) is 30.2 Å². The summed E-state index contributed by atoms with van der Waals surface area (Å²) in [6.07, 6.45) is 6.54. The quantitative estimate of drug-likeness (QED) is 0.321. The predicted octanol–water partition coefficient (Wildman–Crippen LogP) is 1.76. The maximum absolute atomic E-state index is 14.0. The Hall–Kier alpha value is -3.97. The SMILES string of the molecule is CC(C)=CCn1c(N2CCCC(N)C2)nc2c1c(=O)n(Cc1nccc3ccc(NS(C)(=O)=O)cc13)c(=O)n2C. The van der Waals surface area contributed by atoms with Crippen molar-refractivity contribution in [3.05, 3.63) is 68.6 Å². The fourth-order valence-electron chi connectivity index (χ4n) is 5.16. The number of hydrogen-bond donors (Lipinski definition) is 2. The summed E-state index contributed by atoms with van der Waals surface area (Å²) in [6.45, 7) is 5.67. The van der Waals surface area contributed by atoms with Gasteiger partial charge in [0, 0.05) is 50.0 Å². The summed E-state index contributed by atoms with van der Waals surface area (Å²) in [6, 6.07) is 6.87. The van der Waals surface area contributed by atoms with Crippen molar-refractivity contribution in [1.82, 2.24) is 23.7 Å². The number of hydrogen-bond acceptors (Lipinski definition) is 8. The van der Waals surface area contributed by atoms with E-state index >= 15 is 0 Å². The number of nitrogens with two attached hydrogens (primary N) is 1. The second-order valence-electron chi connectivity index (χ2n) is 10.6. The molecule has 0 saturated carbocycles. The minimum Gasteiger partial charge on any atom is -0.341 e. The van der Waals surface area contributed by atoms with Crippen LogP contribution in [0.1, 0.15) is 32.4 Å². The summed E-state index contributed by atoms with van der Waals surface area (Å²) in [7, 11) is -1.89. The molecule has 0 aliphatic carbocycles. The van der Waals surface area contributed by atoms with Crippen LogP contribution in [0.3, 0.4) is 0 Å². The first-order valence-corrected chi connectivity index (χ1v) is 15.0. The number of rotatable bonds is 7. The van der Waals surface area contributed by atoms with Gasteiger partial charge in [0.25, 0.3) is 5.56 Å². The van der Waals surface area contributed by atoms with E-state index < -0.39 is 21.3 Å². The van der Waals surface area contributed by atoms with Gasteiger partial charge in [-0.15, -0.1) is 0 Å². The lowest BCUT2D eigenvalue weighted by Gasteiger charge is -2.31. The van der Waals surface area contributed by atoms with Crippen molar-refractivity contribution < 1.29 is 8.42 Å². The molecule has 1 aliphatic rings. The molecule has 5 rings (SSSR count). The molecule has 3 N–H and O–H groups in total. The number of aryl methyl sites for hydroxylation is 1. The van der Waals surface area contributed by atoms with Gasteiger partial charge in [0.05, 0.1) is 18.5 Å². The Labute approximate surface area is 231 Å². The maximum atomic E-state index is 14.0. The fourth-order valence-corrected chi connectivity index (χ4v) is 5.72. The molecule has 1 atom stereocenters. The third kappa shape index (κ3) is 5.39. The van der Waals surface area contributed by atoms with Crippen LogP contribution in [0.2, 0.25) is 0 Å². The number of sulfonamides is 1. The van der Waals surface area contributed by atoms with Crippen molar-refractivity contribution in [2.45, 2.75) is 45.8 Å². The highest BCUT2D eigenvalue weighted by Crippen LogP contribution is 2.25. The Balaban J connectivity index is 1.69. The molecule has 0 spiro atoms. The van der Waals surface area contributed by atoms with Gasteiger partial charge in [-0.3, -0.25) is 23.6 Å². The molecule has 0 amide bonds. The highest BCUT2D eigenvalue weighted by Gasteiger charge is 2.26. The minimum atomic E-state index is -3.49. The third-order valence-electron chi connectivity index (χ3n) is 7.09. The highest BCUT2D eigenvalue weighted by molar-refractivity contribution is 7.92. The van der Waals surface area contributed by atoms with E-state index in [-0.39, 0.29) is 12.6 Å². The van der Waals surface area contributed by atoms with Crippen molar-refractivity contribution in [2.24, 2.45) is 12.8 Å². The van der Waals surface area contributed by atoms with Crippen LogP contribution in [0, 0.1) is 0 Å². The molecular weight excluding hydrogens is 532 g/mol. The monoisotopic (exact) mass is 566 g/mol. The van der Waals surface area contributed by atoms with E-state index in [2.05, 4.69) is 14.6 Å². The van der Waals surface area contributed by atoms with Crippen LogP contribution in [0.15, 0.2) is 51.7 Å². The Morgan fingerprint density at radius 2 is 1.98 bits per heavy atom. The number of allylic oxidation sites excluding steroid dienone is 2. The van der Waals surface area contributed by atoms with Crippen LogP contribution in [0.5, 0.6) is 0 Å². The lowest BCUT2D eigenvalue weighted by molar-refractivity contribution is 0.495. The number of nitrogens with zero attached hydrogens (tertiary/aromatic N) is 6. The topological polar surface area (TPSA) is 150 Å². The highest BCUT2D eigenvalue weighted by atomic mass is 32.2. The normalized spacial score (nSPS) is 16.0. The van der Waals surface area contributed by atoms with Crippen LogP contribution in [0.25, 0.3) is 21.9 Å². The number of pyridine rings is 1. The molecule has 212 valence electrons. The molecule has 1 saturated heterocycles. The molecule has 13 heteroatoms. The zero-order valence-electron chi connectivity index (χ0n) is 23.1. The van der Waals surface area contributed by atoms with Crippen molar-refractivity contribution in [3.8, 4) is 0 Å². The number of imidazole rings is 1. The van der Waals surface area contributed by atoms with Crippen LogP contribution in [0.4, 0.5) is 11.6 Å². The number of benzene rings is 1. The Kier molecular flexibility index (Phi) is 7.27. The summed E-state index contributed by atoms with van der Waals surface area (Å²) in [5.74, 6) is 0.618. The molecule has 12 nitrogen and oxygen atoms in total. The number of nitrogens with one attached hydrogen (secondary N) is 1. The molecule has 4 heterocycles. The van der Waals surface area contributed by atoms with Crippen molar-refractivity contribution in [3.63, 3.8) is 0 Å². The van der Waals surface area contributed by atoms with Crippen LogP contribution < -0.4 is 26.6 Å². The van der Waals surface area contributed by atoms with Gasteiger partial charge in [0.15, 0.2) is 11.2 Å². The standard InChI is InChI=1S/C27H34N8O4S/c1-17(2)10-13-34-23-24(30-26(34)33-12-5-6-19(28)15-33)32(3)27(37)35(25(23)36)16-22-21-14-20(31-40(4,38)39)8-7-18(21)9-11-29-22/h7-11,14,19,31H,5-6,12-13,15-16,28H2,1-4H3. The van der Waals surface area contributed by atoms with Gasteiger partial charge in [0.1, 0.15) is 0 Å². The molecule has 1 aromatic carbocycles. The van der Waals surface area contributed by atoms with Gasteiger partial charge in [-0.25, -0.2) is 13.2 Å². The second kappa shape index (κ2) is 10.5. The second-order valence-corrected chi connectivity index (χ2v) is 12.4. The summed E-state index contributed by atoms with van der Waals surface area (Å²) in [5.41, 5.74) is 7.83.